The Hall–Kier alpha value is -2.43. The van der Waals surface area contributed by atoms with Crippen molar-refractivity contribution in [2.45, 2.75) is 0 Å². The molecule has 0 amide bonds. The van der Waals surface area contributed by atoms with Crippen LogP contribution in [0.2, 0.25) is 0 Å². The Morgan fingerprint density at radius 3 is 2.22 bits per heavy atom. The van der Waals surface area contributed by atoms with E-state index in [1.165, 1.54) is 21.9 Å². The molecule has 5 aromatic rings. The average molecular weight is 478 g/mol. The van der Waals surface area contributed by atoms with Crippen LogP contribution >= 0.6 is 31.9 Å². The maximum atomic E-state index is 4.60. The summed E-state index contributed by atoms with van der Waals surface area (Å²) in [5.74, 6) is 0.927. The fourth-order valence-corrected chi connectivity index (χ4v) is 5.00. The third-order valence-corrected chi connectivity index (χ3v) is 5.67. The van der Waals surface area contributed by atoms with Gasteiger partial charge < -0.3 is 0 Å². The molecule has 3 aromatic carbocycles. The first-order chi connectivity index (χ1) is 13.2. The normalized spacial score (nSPS) is 11.3. The first-order valence-electron chi connectivity index (χ1n) is 8.62. The second kappa shape index (κ2) is 6.63. The molecule has 0 saturated heterocycles. The van der Waals surface area contributed by atoms with Crippen LogP contribution in [0.15, 0.2) is 94.0 Å². The van der Waals surface area contributed by atoms with Crippen LogP contribution in [-0.4, -0.2) is 9.55 Å². The first kappa shape index (κ1) is 16.7. The zero-order chi connectivity index (χ0) is 18.4. The van der Waals surface area contributed by atoms with Crippen molar-refractivity contribution in [2.24, 2.45) is 0 Å². The minimum atomic E-state index is 0.927. The molecule has 5 rings (SSSR count). The number of nitrogens with zero attached hydrogens (tertiary/aromatic N) is 2. The lowest BCUT2D eigenvalue weighted by Crippen LogP contribution is -1.96. The predicted octanol–water partition coefficient (Wildman–Crippen LogP) is 7.37. The SMILES string of the molecule is Brc1cc(Br)cc(-c2cccc3c2c2ccccc2n3-c2ccccn2)c1. The number of para-hydroxylation sites is 1. The predicted molar refractivity (Wildman–Crippen MR) is 119 cm³/mol. The van der Waals surface area contributed by atoms with Crippen LogP contribution in [0.3, 0.4) is 0 Å². The summed E-state index contributed by atoms with van der Waals surface area (Å²) in [5, 5.41) is 2.47. The van der Waals surface area contributed by atoms with E-state index in [1.54, 1.807) is 0 Å². The summed E-state index contributed by atoms with van der Waals surface area (Å²) in [4.78, 5) is 4.60. The zero-order valence-corrected chi connectivity index (χ0v) is 17.4. The van der Waals surface area contributed by atoms with Crippen molar-refractivity contribution in [3.05, 3.63) is 94.0 Å². The zero-order valence-electron chi connectivity index (χ0n) is 14.2. The summed E-state index contributed by atoms with van der Waals surface area (Å²) in [6.07, 6.45) is 1.84. The van der Waals surface area contributed by atoms with E-state index in [0.29, 0.717) is 0 Å². The van der Waals surface area contributed by atoms with Gasteiger partial charge in [0.25, 0.3) is 0 Å². The summed E-state index contributed by atoms with van der Waals surface area (Å²) in [5.41, 5.74) is 4.70. The van der Waals surface area contributed by atoms with Gasteiger partial charge in [0.2, 0.25) is 0 Å². The number of fused-ring (bicyclic) bond motifs is 3. The number of aromatic nitrogens is 2. The Morgan fingerprint density at radius 1 is 0.704 bits per heavy atom. The molecule has 2 aromatic heterocycles. The van der Waals surface area contributed by atoms with Gasteiger partial charge in [0.05, 0.1) is 11.0 Å². The van der Waals surface area contributed by atoms with Crippen molar-refractivity contribution in [2.75, 3.05) is 0 Å². The van der Waals surface area contributed by atoms with Crippen LogP contribution in [0.1, 0.15) is 0 Å². The minimum absolute atomic E-state index is 0.927. The third kappa shape index (κ3) is 2.80. The van der Waals surface area contributed by atoms with Gasteiger partial charge in [-0.05, 0) is 53.6 Å². The molecule has 4 heteroatoms. The van der Waals surface area contributed by atoms with Crippen LogP contribution in [-0.2, 0) is 0 Å². The molecule has 0 aliphatic rings. The first-order valence-corrected chi connectivity index (χ1v) is 10.2. The van der Waals surface area contributed by atoms with Gasteiger partial charge in [-0.2, -0.15) is 0 Å². The van der Waals surface area contributed by atoms with E-state index in [2.05, 4.69) is 102 Å². The van der Waals surface area contributed by atoms with Crippen LogP contribution in [0.25, 0.3) is 38.8 Å². The number of pyridine rings is 1. The van der Waals surface area contributed by atoms with Crippen molar-refractivity contribution in [1.82, 2.24) is 9.55 Å². The molecule has 2 nitrogen and oxygen atoms in total. The van der Waals surface area contributed by atoms with E-state index in [1.807, 2.05) is 24.4 Å². The van der Waals surface area contributed by atoms with E-state index in [0.717, 1.165) is 25.8 Å². The molecule has 0 spiro atoms. The van der Waals surface area contributed by atoms with Crippen molar-refractivity contribution < 1.29 is 0 Å². The number of hydrogen-bond acceptors (Lipinski definition) is 1. The standard InChI is InChI=1S/C23H14Br2N2/c24-16-12-15(13-17(25)14-16)18-7-5-9-21-23(18)19-6-1-2-8-20(19)27(21)22-10-3-4-11-26-22/h1-14H. The van der Waals surface area contributed by atoms with Crippen molar-refractivity contribution in [1.29, 1.82) is 0 Å². The van der Waals surface area contributed by atoms with Crippen molar-refractivity contribution in [3.63, 3.8) is 0 Å². The minimum Gasteiger partial charge on any atom is -0.294 e. The number of benzene rings is 3. The second-order valence-corrected chi connectivity index (χ2v) is 8.23. The largest absolute Gasteiger partial charge is 0.294 e. The topological polar surface area (TPSA) is 17.8 Å². The molecule has 130 valence electrons. The highest BCUT2D eigenvalue weighted by atomic mass is 79.9. The fourth-order valence-electron chi connectivity index (χ4n) is 3.70. The Morgan fingerprint density at radius 2 is 1.44 bits per heavy atom. The Bertz CT molecular complexity index is 1270. The molecule has 0 radical (unpaired) electrons. The Labute approximate surface area is 173 Å². The van der Waals surface area contributed by atoms with Gasteiger partial charge in [-0.15, -0.1) is 0 Å². The summed E-state index contributed by atoms with van der Waals surface area (Å²) in [6, 6.07) is 27.4. The molecule has 0 fully saturated rings. The molecule has 27 heavy (non-hydrogen) atoms. The van der Waals surface area contributed by atoms with E-state index in [9.17, 15) is 0 Å². The van der Waals surface area contributed by atoms with Crippen LogP contribution < -0.4 is 0 Å². The van der Waals surface area contributed by atoms with Crippen molar-refractivity contribution in [3.8, 4) is 16.9 Å². The van der Waals surface area contributed by atoms with Crippen LogP contribution in [0.4, 0.5) is 0 Å². The average Bonchev–Trinajstić information content (AvgIpc) is 3.02. The van der Waals surface area contributed by atoms with Crippen LogP contribution in [0, 0.1) is 0 Å². The molecule has 0 atom stereocenters. The van der Waals surface area contributed by atoms with E-state index >= 15 is 0 Å². The second-order valence-electron chi connectivity index (χ2n) is 6.40. The molecular weight excluding hydrogens is 464 g/mol. The number of hydrogen-bond donors (Lipinski definition) is 0. The van der Waals surface area contributed by atoms with Gasteiger partial charge in [0.15, 0.2) is 0 Å². The fraction of sp³-hybridized carbons (Fsp3) is 0. The van der Waals surface area contributed by atoms with Crippen molar-refractivity contribution >= 4 is 53.7 Å². The summed E-state index contributed by atoms with van der Waals surface area (Å²) in [6.45, 7) is 0. The molecule has 0 aliphatic heterocycles. The smallest absolute Gasteiger partial charge is 0.137 e. The third-order valence-electron chi connectivity index (χ3n) is 4.75. The highest BCUT2D eigenvalue weighted by Crippen LogP contribution is 2.39. The highest BCUT2D eigenvalue weighted by Gasteiger charge is 2.16. The van der Waals surface area contributed by atoms with E-state index in [-0.39, 0.29) is 0 Å². The van der Waals surface area contributed by atoms with Gasteiger partial charge >= 0.3 is 0 Å². The summed E-state index contributed by atoms with van der Waals surface area (Å²) >= 11 is 7.24. The maximum absolute atomic E-state index is 4.60. The Balaban J connectivity index is 1.94. The number of halogens is 2. The Kier molecular flexibility index (Phi) is 4.10. The van der Waals surface area contributed by atoms with E-state index in [4.69, 9.17) is 0 Å². The molecule has 2 heterocycles. The monoisotopic (exact) mass is 476 g/mol. The van der Waals surface area contributed by atoms with E-state index < -0.39 is 0 Å². The lowest BCUT2D eigenvalue weighted by Gasteiger charge is -2.08. The van der Waals surface area contributed by atoms with Gasteiger partial charge in [-0.3, -0.25) is 4.57 Å². The van der Waals surface area contributed by atoms with Gasteiger partial charge in [0.1, 0.15) is 5.82 Å². The van der Waals surface area contributed by atoms with Gasteiger partial charge in [0, 0.05) is 25.9 Å². The molecule has 0 N–H and O–H groups in total. The molecular formula is C23H14Br2N2. The lowest BCUT2D eigenvalue weighted by molar-refractivity contribution is 1.08. The van der Waals surface area contributed by atoms with Gasteiger partial charge in [-0.25, -0.2) is 4.98 Å². The number of rotatable bonds is 2. The highest BCUT2D eigenvalue weighted by molar-refractivity contribution is 9.11. The molecule has 0 bridgehead atoms. The molecule has 0 unspecified atom stereocenters. The van der Waals surface area contributed by atoms with Gasteiger partial charge in [-0.1, -0.05) is 68.3 Å². The van der Waals surface area contributed by atoms with Crippen LogP contribution in [0.5, 0.6) is 0 Å². The molecule has 0 aliphatic carbocycles. The lowest BCUT2D eigenvalue weighted by atomic mass is 9.99. The summed E-state index contributed by atoms with van der Waals surface area (Å²) in [7, 11) is 0. The summed E-state index contributed by atoms with van der Waals surface area (Å²) < 4.78 is 4.34. The quantitative estimate of drug-likeness (QED) is 0.259. The maximum Gasteiger partial charge on any atom is 0.137 e. The molecule has 0 saturated carbocycles.